The minimum absolute atomic E-state index is 0.0829. The maximum Gasteiger partial charge on any atom is 0.265 e. The Hall–Kier alpha value is -0.280. The first-order valence-corrected chi connectivity index (χ1v) is 4.77. The van der Waals surface area contributed by atoms with Gasteiger partial charge in [0.2, 0.25) is 0 Å². The highest BCUT2D eigenvalue weighted by atomic mass is 16.9. The van der Waals surface area contributed by atoms with Gasteiger partial charge in [0.25, 0.3) is 5.91 Å². The van der Waals surface area contributed by atoms with Crippen LogP contribution in [0.2, 0.25) is 0 Å². The Kier molecular flexibility index (Phi) is 2.72. The van der Waals surface area contributed by atoms with Crippen LogP contribution in [-0.2, 0) is 9.57 Å². The van der Waals surface area contributed by atoms with Crippen LogP contribution in [0.4, 0.5) is 0 Å². The number of aliphatic hydroxyl groups excluding tert-OH is 3. The molecule has 2 aliphatic heterocycles. The molecule has 0 aromatic rings. The van der Waals surface area contributed by atoms with Gasteiger partial charge in [-0.1, -0.05) is 0 Å². The number of hydroxylamine groups is 2. The van der Waals surface area contributed by atoms with Gasteiger partial charge in [0.05, 0.1) is 19.3 Å². The van der Waals surface area contributed by atoms with Crippen LogP contribution in [0.15, 0.2) is 0 Å². The van der Waals surface area contributed by atoms with Crippen molar-refractivity contribution in [3.63, 3.8) is 0 Å². The van der Waals surface area contributed by atoms with Gasteiger partial charge in [0.1, 0.15) is 18.3 Å². The van der Waals surface area contributed by atoms with Gasteiger partial charge < -0.3 is 25.2 Å². The van der Waals surface area contributed by atoms with Crippen LogP contribution in [0.5, 0.6) is 0 Å². The molecule has 6 atom stereocenters. The summed E-state index contributed by atoms with van der Waals surface area (Å²) in [6.07, 6.45) is -3.10. The van der Waals surface area contributed by atoms with E-state index in [-0.39, 0.29) is 13.2 Å². The lowest BCUT2D eigenvalue weighted by molar-refractivity contribution is -0.183. The topological polar surface area (TPSA) is 106 Å². The molecule has 0 bridgehead atoms. The van der Waals surface area contributed by atoms with E-state index < -0.39 is 30.3 Å². The average Bonchev–Trinajstić information content (AvgIpc) is 2.80. The molecule has 0 aromatic heterocycles. The third-order valence-electron chi connectivity index (χ3n) is 2.74. The van der Waals surface area contributed by atoms with Crippen molar-refractivity contribution in [1.82, 2.24) is 5.06 Å². The van der Waals surface area contributed by atoms with E-state index in [0.29, 0.717) is 0 Å². The molecule has 7 nitrogen and oxygen atoms in total. The number of aliphatic hydroxyl groups is 4. The second kappa shape index (κ2) is 3.63. The van der Waals surface area contributed by atoms with E-state index in [0.717, 1.165) is 5.06 Å². The summed E-state index contributed by atoms with van der Waals surface area (Å²) in [6, 6.07) is -0.627. The molecular weight excluding hydrogens is 206 g/mol. The predicted octanol–water partition coefficient (Wildman–Crippen LogP) is -2.62. The van der Waals surface area contributed by atoms with E-state index in [9.17, 15) is 15.3 Å². The van der Waals surface area contributed by atoms with Crippen molar-refractivity contribution in [3.8, 4) is 0 Å². The molecule has 88 valence electrons. The highest BCUT2D eigenvalue weighted by Crippen LogP contribution is 2.37. The van der Waals surface area contributed by atoms with Crippen LogP contribution < -0.4 is 0 Å². The van der Waals surface area contributed by atoms with Gasteiger partial charge in [-0.05, 0) is 0 Å². The number of hydrogen-bond donors (Lipinski definition) is 4. The molecule has 2 fully saturated rings. The van der Waals surface area contributed by atoms with Gasteiger partial charge in [-0.25, -0.2) is 4.84 Å². The molecule has 4 N–H and O–H groups in total. The number of hydrogen-bond acceptors (Lipinski definition) is 7. The first kappa shape index (κ1) is 11.2. The molecule has 1 unspecified atom stereocenters. The predicted molar refractivity (Wildman–Crippen MR) is 46.2 cm³/mol. The molecule has 0 saturated carbocycles. The summed E-state index contributed by atoms with van der Waals surface area (Å²) in [5.41, 5.74) is 0. The van der Waals surface area contributed by atoms with Crippen molar-refractivity contribution in [3.05, 3.63) is 0 Å². The second-order valence-electron chi connectivity index (χ2n) is 3.95. The van der Waals surface area contributed by atoms with E-state index in [1.54, 1.807) is 0 Å². The Morgan fingerprint density at radius 2 is 2.00 bits per heavy atom. The van der Waals surface area contributed by atoms with E-state index in [4.69, 9.17) is 14.7 Å². The highest BCUT2D eigenvalue weighted by Gasteiger charge is 2.58. The van der Waals surface area contributed by atoms with Crippen molar-refractivity contribution < 1.29 is 30.0 Å². The molecule has 0 aromatic carbocycles. The smallest absolute Gasteiger partial charge is 0.265 e. The standard InChI is InChI=1S/C8H15NO6/c1-8(13)9(15-8)4-3-14-5(2-10)7(12)6(4)11/h4-7,10-13H,2-3H2,1H3/t4-,5+,6+,7+,8+,9?/m0/s1. The van der Waals surface area contributed by atoms with Crippen LogP contribution >= 0.6 is 0 Å². The summed E-state index contributed by atoms with van der Waals surface area (Å²) in [6.45, 7) is 1.14. The van der Waals surface area contributed by atoms with Gasteiger partial charge >= 0.3 is 0 Å². The van der Waals surface area contributed by atoms with Crippen LogP contribution in [0.25, 0.3) is 0 Å². The van der Waals surface area contributed by atoms with Crippen molar-refractivity contribution in [1.29, 1.82) is 0 Å². The molecule has 2 rings (SSSR count). The molecule has 2 aliphatic rings. The molecule has 15 heavy (non-hydrogen) atoms. The summed E-state index contributed by atoms with van der Waals surface area (Å²) in [4.78, 5) is 4.81. The Morgan fingerprint density at radius 1 is 1.40 bits per heavy atom. The lowest BCUT2D eigenvalue weighted by Crippen LogP contribution is -2.57. The number of ether oxygens (including phenoxy) is 1. The molecule has 2 saturated heterocycles. The summed E-state index contributed by atoms with van der Waals surface area (Å²) in [5.74, 6) is -1.40. The molecule has 0 amide bonds. The quantitative estimate of drug-likeness (QED) is 0.378. The normalized spacial score (nSPS) is 55.4. The minimum atomic E-state index is -1.40. The Balaban J connectivity index is 1.99. The molecule has 0 radical (unpaired) electrons. The van der Waals surface area contributed by atoms with Gasteiger partial charge in [-0.15, -0.1) is 5.06 Å². The molecule has 0 aliphatic carbocycles. The monoisotopic (exact) mass is 221 g/mol. The lowest BCUT2D eigenvalue weighted by Gasteiger charge is -2.36. The molecule has 0 spiro atoms. The van der Waals surface area contributed by atoms with Crippen LogP contribution in [0.3, 0.4) is 0 Å². The summed E-state index contributed by atoms with van der Waals surface area (Å²) >= 11 is 0. The first-order chi connectivity index (χ1) is 6.97. The van der Waals surface area contributed by atoms with E-state index in [2.05, 4.69) is 0 Å². The maximum absolute atomic E-state index is 9.71. The fourth-order valence-corrected chi connectivity index (χ4v) is 1.78. The van der Waals surface area contributed by atoms with Crippen LogP contribution in [-0.4, -0.2) is 69.0 Å². The van der Waals surface area contributed by atoms with Crippen LogP contribution in [0, 0.1) is 0 Å². The zero-order valence-corrected chi connectivity index (χ0v) is 8.28. The zero-order valence-electron chi connectivity index (χ0n) is 8.28. The Labute approximate surface area is 86.4 Å². The van der Waals surface area contributed by atoms with Crippen LogP contribution in [0.1, 0.15) is 6.92 Å². The van der Waals surface area contributed by atoms with E-state index in [1.165, 1.54) is 6.92 Å². The third kappa shape index (κ3) is 1.87. The van der Waals surface area contributed by atoms with Crippen molar-refractivity contribution in [2.24, 2.45) is 0 Å². The molecule has 7 heteroatoms. The van der Waals surface area contributed by atoms with Gasteiger partial charge in [-0.2, -0.15) is 0 Å². The maximum atomic E-state index is 9.71. The van der Waals surface area contributed by atoms with Crippen molar-refractivity contribution in [2.75, 3.05) is 13.2 Å². The summed E-state index contributed by atoms with van der Waals surface area (Å²) < 4.78 is 5.12. The van der Waals surface area contributed by atoms with E-state index in [1.807, 2.05) is 0 Å². The lowest BCUT2D eigenvalue weighted by atomic mass is 9.98. The molecular formula is C8H15NO6. The zero-order chi connectivity index (χ0) is 11.2. The summed E-state index contributed by atoms with van der Waals surface area (Å²) in [5, 5.41) is 38.6. The van der Waals surface area contributed by atoms with Gasteiger partial charge in [0, 0.05) is 6.92 Å². The molecule has 2 heterocycles. The van der Waals surface area contributed by atoms with Crippen molar-refractivity contribution >= 4 is 0 Å². The fourth-order valence-electron chi connectivity index (χ4n) is 1.78. The largest absolute Gasteiger partial charge is 0.394 e. The minimum Gasteiger partial charge on any atom is -0.394 e. The first-order valence-electron chi connectivity index (χ1n) is 4.77. The van der Waals surface area contributed by atoms with Gasteiger partial charge in [-0.3, -0.25) is 0 Å². The Morgan fingerprint density at radius 3 is 2.47 bits per heavy atom. The number of nitrogens with zero attached hydrogens (tertiary/aromatic N) is 1. The number of rotatable bonds is 2. The van der Waals surface area contributed by atoms with Crippen molar-refractivity contribution in [2.45, 2.75) is 37.2 Å². The third-order valence-corrected chi connectivity index (χ3v) is 2.74. The fraction of sp³-hybridized carbons (Fsp3) is 1.00. The second-order valence-corrected chi connectivity index (χ2v) is 3.95. The average molecular weight is 221 g/mol. The highest BCUT2D eigenvalue weighted by molar-refractivity contribution is 4.94. The SMILES string of the molecule is C[C@@]1(O)ON1[C@H]1CO[C@H](CO)[C@@H](O)[C@@H]1O. The van der Waals surface area contributed by atoms with Gasteiger partial charge in [0.15, 0.2) is 0 Å². The van der Waals surface area contributed by atoms with E-state index >= 15 is 0 Å². The Bertz CT molecular complexity index is 247. The summed E-state index contributed by atoms with van der Waals surface area (Å²) in [7, 11) is 0.